The lowest BCUT2D eigenvalue weighted by Gasteiger charge is -2.32. The molecule has 3 rings (SSSR count). The normalized spacial score (nSPS) is 16.1. The molecule has 1 saturated heterocycles. The summed E-state index contributed by atoms with van der Waals surface area (Å²) in [5, 5.41) is 51.7. The van der Waals surface area contributed by atoms with Crippen molar-refractivity contribution in [2.75, 3.05) is 19.6 Å². The number of likely N-dealkylation sites (tertiary alicyclic amines) is 1. The Bertz CT molecular complexity index is 2890. The lowest BCUT2D eigenvalue weighted by molar-refractivity contribution is -0.148. The van der Waals surface area contributed by atoms with E-state index in [1.165, 1.54) is 19.4 Å². The Balaban J connectivity index is 1.97. The molecule has 1 fully saturated rings. The van der Waals surface area contributed by atoms with Crippen molar-refractivity contribution in [3.05, 3.63) is 54.1 Å². The number of H-pyrrole nitrogens is 1. The number of nitrogens with one attached hydrogen (secondary N) is 10. The fourth-order valence-corrected chi connectivity index (χ4v) is 9.89. The molecule has 93 heavy (non-hydrogen) atoms. The molecule has 1 aromatic heterocycles. The van der Waals surface area contributed by atoms with Crippen LogP contribution in [0.15, 0.2) is 47.8 Å². The first-order valence-electron chi connectivity index (χ1n) is 31.1. The molecular weight excluding hydrogens is 1210 g/mol. The van der Waals surface area contributed by atoms with Crippen LogP contribution in [0.25, 0.3) is 0 Å². The van der Waals surface area contributed by atoms with Gasteiger partial charge in [-0.2, -0.15) is 0 Å². The van der Waals surface area contributed by atoms with Gasteiger partial charge in [-0.25, -0.2) is 9.78 Å². The molecule has 0 bridgehead atoms. The molecule has 2 heterocycles. The van der Waals surface area contributed by atoms with E-state index in [1.807, 2.05) is 0 Å². The number of unbranched alkanes of at least 4 members (excludes halogenated alkanes) is 1. The Morgan fingerprint density at radius 1 is 0.613 bits per heavy atom. The molecule has 0 radical (unpaired) electrons. The third kappa shape index (κ3) is 27.2. The summed E-state index contributed by atoms with van der Waals surface area (Å²) in [5.41, 5.74) is 23.8. The standard InChI is InChI=1S/C60H95N17O16/c1-31(2)25-40(55(88)76-48(33(5)6)58(91)77-24-14-19-44(77)56(89)75-43(59(92)93)28-46(80)81)73-52(85)39(20-21-45(78)79)70-51(84)38(18-13-23-66-60(63)64)69-54(87)42(27-36-29-65-30-67-36)74-53(86)41(26-35-15-9-8-10-16-35)72-49(82)34(7)68-50(83)37(17-11-12-22-61)71-57(90)47(62)32(3)4/h8-10,15-16,29-34,37-44,47-48H,11-14,17-28,61-62H2,1-7H3,(H,65,67)(H,68,83)(H,69,87)(H,70,84)(H,71,90)(H,72,82)(H,73,85)(H,74,86)(H,75,89)(H,76,88)(H,78,79)(H,80,81)(H,92,93)(H4,63,64,66)/t34-,37-,38-,39-,40-,41-,42-,43-,44-,47-,48-/m0/s1. The van der Waals surface area contributed by atoms with Crippen LogP contribution in [0.2, 0.25) is 0 Å². The van der Waals surface area contributed by atoms with Gasteiger partial charge in [0.15, 0.2) is 5.96 Å². The summed E-state index contributed by atoms with van der Waals surface area (Å²) < 4.78 is 0. The third-order valence-electron chi connectivity index (χ3n) is 15.1. The number of hydrogen-bond acceptors (Lipinski definition) is 17. The Hall–Kier alpha value is -9.27. The molecule has 1 aliphatic rings. The molecule has 33 nitrogen and oxygen atoms in total. The number of nitrogens with zero attached hydrogens (tertiary/aromatic N) is 3. The number of carboxylic acid groups (broad SMARTS) is 3. The number of guanidine groups is 1. The van der Waals surface area contributed by atoms with E-state index in [4.69, 9.17) is 22.9 Å². The van der Waals surface area contributed by atoms with Gasteiger partial charge in [-0.1, -0.05) is 71.9 Å². The largest absolute Gasteiger partial charge is 0.481 e. The molecule has 0 saturated carbocycles. The molecule has 0 unspecified atom stereocenters. The fourth-order valence-electron chi connectivity index (χ4n) is 9.89. The van der Waals surface area contributed by atoms with Crippen LogP contribution in [-0.4, -0.2) is 199 Å². The summed E-state index contributed by atoms with van der Waals surface area (Å²) in [5.74, 6) is -14.5. The van der Waals surface area contributed by atoms with Crippen molar-refractivity contribution in [2.24, 2.45) is 45.7 Å². The van der Waals surface area contributed by atoms with Crippen molar-refractivity contribution in [1.29, 1.82) is 0 Å². The minimum atomic E-state index is -1.80. The van der Waals surface area contributed by atoms with Crippen LogP contribution >= 0.6 is 0 Å². The highest BCUT2D eigenvalue weighted by atomic mass is 16.4. The lowest BCUT2D eigenvalue weighted by atomic mass is 9.98. The average Bonchev–Trinajstić information content (AvgIpc) is 1.89. The maximum atomic E-state index is 14.7. The maximum Gasteiger partial charge on any atom is 0.326 e. The van der Waals surface area contributed by atoms with Gasteiger partial charge in [0.1, 0.15) is 60.4 Å². The summed E-state index contributed by atoms with van der Waals surface area (Å²) in [4.78, 5) is 188. The van der Waals surface area contributed by atoms with Crippen LogP contribution < -0.4 is 70.8 Å². The number of benzene rings is 1. The number of aromatic nitrogens is 2. The number of hydrogen-bond donors (Lipinski definition) is 17. The maximum absolute atomic E-state index is 14.7. The van der Waals surface area contributed by atoms with E-state index in [0.717, 1.165) is 4.90 Å². The number of carbonyl (C=O) groups is 13. The zero-order chi connectivity index (χ0) is 69.6. The number of imidazole rings is 1. The molecule has 11 atom stereocenters. The fraction of sp³-hybridized carbons (Fsp3) is 0.617. The topological polar surface area (TPSA) is 539 Å². The highest BCUT2D eigenvalue weighted by molar-refractivity contribution is 5.99. The zero-order valence-electron chi connectivity index (χ0n) is 53.7. The molecule has 516 valence electrons. The highest BCUT2D eigenvalue weighted by Crippen LogP contribution is 2.22. The minimum Gasteiger partial charge on any atom is -0.481 e. The molecule has 0 aliphatic carbocycles. The van der Waals surface area contributed by atoms with E-state index in [1.54, 1.807) is 71.9 Å². The van der Waals surface area contributed by atoms with Gasteiger partial charge < -0.3 is 96.0 Å². The summed E-state index contributed by atoms with van der Waals surface area (Å²) in [7, 11) is 0. The molecule has 10 amide bonds. The molecule has 21 N–H and O–H groups in total. The van der Waals surface area contributed by atoms with Crippen molar-refractivity contribution in [3.8, 4) is 0 Å². The van der Waals surface area contributed by atoms with Crippen molar-refractivity contribution >= 4 is 82.9 Å². The first kappa shape index (κ1) is 78.0. The van der Waals surface area contributed by atoms with E-state index in [9.17, 15) is 77.6 Å². The van der Waals surface area contributed by atoms with E-state index in [-0.39, 0.29) is 75.8 Å². The number of rotatable bonds is 41. The number of aliphatic imine (C=N–C) groups is 1. The molecule has 1 aromatic carbocycles. The van der Waals surface area contributed by atoms with Crippen molar-refractivity contribution < 1.29 is 77.6 Å². The van der Waals surface area contributed by atoms with Gasteiger partial charge in [0.2, 0.25) is 59.1 Å². The zero-order valence-corrected chi connectivity index (χ0v) is 53.7. The van der Waals surface area contributed by atoms with Crippen LogP contribution in [0.4, 0.5) is 0 Å². The van der Waals surface area contributed by atoms with Crippen molar-refractivity contribution in [1.82, 2.24) is 62.7 Å². The number of carbonyl (C=O) groups excluding carboxylic acids is 10. The highest BCUT2D eigenvalue weighted by Gasteiger charge is 2.42. The average molecular weight is 1310 g/mol. The second-order valence-electron chi connectivity index (χ2n) is 24.1. The summed E-state index contributed by atoms with van der Waals surface area (Å²) in [6.45, 7) is 11.8. The molecular formula is C60H95N17O16. The second kappa shape index (κ2) is 39.2. The predicted octanol–water partition coefficient (Wildman–Crippen LogP) is -3.14. The number of aromatic amines is 1. The van der Waals surface area contributed by atoms with Crippen LogP contribution in [0, 0.1) is 17.8 Å². The molecule has 1 aliphatic heterocycles. The SMILES string of the molecule is CC(C)C[C@H](NC(=O)[C@H](CCC(=O)O)NC(=O)[C@H](CCCN=C(N)N)NC(=O)[C@H](Cc1cnc[nH]1)NC(=O)[C@H](Cc1ccccc1)NC(=O)[C@H](C)NC(=O)[C@H](CCCCN)NC(=O)[C@@H](N)C(C)C)C(=O)N[C@H](C(=O)N1CCC[C@H]1C(=O)N[C@@H](CC(=O)O)C(=O)O)C(C)C. The minimum absolute atomic E-state index is 0.0226. The molecule has 2 aromatic rings. The van der Waals surface area contributed by atoms with Crippen LogP contribution in [0.3, 0.4) is 0 Å². The number of carboxylic acids is 3. The van der Waals surface area contributed by atoms with Crippen LogP contribution in [0.5, 0.6) is 0 Å². The van der Waals surface area contributed by atoms with Gasteiger partial charge in [0, 0.05) is 44.2 Å². The molecule has 33 heteroatoms. The number of aliphatic carboxylic acids is 3. The van der Waals surface area contributed by atoms with E-state index in [0.29, 0.717) is 37.1 Å². The first-order valence-corrected chi connectivity index (χ1v) is 31.1. The number of amides is 10. The molecule has 0 spiro atoms. The smallest absolute Gasteiger partial charge is 0.326 e. The third-order valence-corrected chi connectivity index (χ3v) is 15.1. The van der Waals surface area contributed by atoms with Gasteiger partial charge >= 0.3 is 17.9 Å². The Kier molecular flexibility index (Phi) is 32.9. The Morgan fingerprint density at radius 2 is 1.15 bits per heavy atom. The summed E-state index contributed by atoms with van der Waals surface area (Å²) in [6.07, 6.45) is 1.40. The van der Waals surface area contributed by atoms with Crippen LogP contribution in [-0.2, 0) is 75.2 Å². The summed E-state index contributed by atoms with van der Waals surface area (Å²) in [6, 6.07) is -6.81. The van der Waals surface area contributed by atoms with Crippen LogP contribution in [0.1, 0.15) is 130 Å². The van der Waals surface area contributed by atoms with E-state index < -0.39 is 169 Å². The van der Waals surface area contributed by atoms with Gasteiger partial charge in [-0.15, -0.1) is 0 Å². The van der Waals surface area contributed by atoms with Gasteiger partial charge in [-0.05, 0) is 94.6 Å². The van der Waals surface area contributed by atoms with Gasteiger partial charge in [0.25, 0.3) is 0 Å². The second-order valence-corrected chi connectivity index (χ2v) is 24.1. The van der Waals surface area contributed by atoms with Crippen molar-refractivity contribution in [2.45, 2.75) is 198 Å². The quantitative estimate of drug-likeness (QED) is 0.0178. The van der Waals surface area contributed by atoms with Crippen molar-refractivity contribution in [3.63, 3.8) is 0 Å². The Labute approximate surface area is 539 Å². The van der Waals surface area contributed by atoms with Gasteiger partial charge in [-0.3, -0.25) is 62.5 Å². The lowest BCUT2D eigenvalue weighted by Crippen LogP contribution is -2.61. The monoisotopic (exact) mass is 1310 g/mol. The van der Waals surface area contributed by atoms with E-state index >= 15 is 0 Å². The van der Waals surface area contributed by atoms with E-state index in [2.05, 4.69) is 62.8 Å². The summed E-state index contributed by atoms with van der Waals surface area (Å²) >= 11 is 0. The predicted molar refractivity (Wildman–Crippen MR) is 337 cm³/mol. The Morgan fingerprint density at radius 3 is 1.69 bits per heavy atom. The number of nitrogens with two attached hydrogens (primary N) is 4. The van der Waals surface area contributed by atoms with Gasteiger partial charge in [0.05, 0.1) is 18.8 Å². The first-order chi connectivity index (χ1) is 43.8.